The van der Waals surface area contributed by atoms with Crippen LogP contribution in [-0.4, -0.2) is 24.7 Å². The molecule has 0 aliphatic heterocycles. The highest BCUT2D eigenvalue weighted by Gasteiger charge is 2.16. The van der Waals surface area contributed by atoms with Crippen LogP contribution in [0.1, 0.15) is 11.1 Å². The Balaban J connectivity index is 2.19. The fraction of sp³-hybridized carbons (Fsp3) is 0.167. The largest absolute Gasteiger partial charge is 0.481 e. The van der Waals surface area contributed by atoms with Gasteiger partial charge in [-0.25, -0.2) is 8.42 Å². The molecule has 100 valence electrons. The highest BCUT2D eigenvalue weighted by Crippen LogP contribution is 2.17. The Labute approximate surface area is 109 Å². The molecule has 6 nitrogen and oxygen atoms in total. The van der Waals surface area contributed by atoms with Gasteiger partial charge in [-0.3, -0.25) is 4.79 Å². The number of aliphatic carboxylic acids is 1. The molecule has 2 rings (SSSR count). The van der Waals surface area contributed by atoms with Gasteiger partial charge in [-0.15, -0.1) is 0 Å². The number of benzene rings is 1. The van der Waals surface area contributed by atoms with Crippen molar-refractivity contribution < 1.29 is 22.8 Å². The Morgan fingerprint density at radius 1 is 1.21 bits per heavy atom. The molecule has 1 aromatic heterocycles. The molecule has 19 heavy (non-hydrogen) atoms. The van der Waals surface area contributed by atoms with Gasteiger partial charge in [0.1, 0.15) is 6.26 Å². The lowest BCUT2D eigenvalue weighted by molar-refractivity contribution is -0.136. The fourth-order valence-electron chi connectivity index (χ4n) is 1.59. The fourth-order valence-corrected chi connectivity index (χ4v) is 2.89. The second kappa shape index (κ2) is 5.23. The highest BCUT2D eigenvalue weighted by atomic mass is 32.2. The molecule has 0 amide bonds. The second-order valence-electron chi connectivity index (χ2n) is 4.01. The minimum atomic E-state index is -3.48. The van der Waals surface area contributed by atoms with Crippen LogP contribution in [0.2, 0.25) is 0 Å². The van der Waals surface area contributed by atoms with Crippen molar-refractivity contribution in [3.05, 3.63) is 47.9 Å². The maximum absolute atomic E-state index is 12.0. The average molecular weight is 281 g/mol. The molecule has 2 aromatic rings. The van der Waals surface area contributed by atoms with Crippen LogP contribution in [0.15, 0.2) is 46.1 Å². The Bertz CT molecular complexity index is 659. The number of rotatable bonds is 5. The highest BCUT2D eigenvalue weighted by molar-refractivity contribution is 7.90. The number of carboxylic acid groups (broad SMARTS) is 1. The summed E-state index contributed by atoms with van der Waals surface area (Å²) in [5, 5.41) is 12.1. The first kappa shape index (κ1) is 13.3. The maximum atomic E-state index is 12.0. The number of carboxylic acids is 1. The van der Waals surface area contributed by atoms with Crippen LogP contribution < -0.4 is 0 Å². The quantitative estimate of drug-likeness (QED) is 0.886. The van der Waals surface area contributed by atoms with Gasteiger partial charge in [-0.05, 0) is 17.7 Å². The van der Waals surface area contributed by atoms with E-state index in [9.17, 15) is 13.2 Å². The van der Waals surface area contributed by atoms with Crippen LogP contribution in [0.25, 0.3) is 0 Å². The van der Waals surface area contributed by atoms with E-state index in [4.69, 9.17) is 5.11 Å². The van der Waals surface area contributed by atoms with Crippen LogP contribution in [0.4, 0.5) is 0 Å². The molecule has 0 bridgehead atoms. The molecule has 1 heterocycles. The van der Waals surface area contributed by atoms with Gasteiger partial charge in [0, 0.05) is 5.56 Å². The van der Waals surface area contributed by atoms with Crippen molar-refractivity contribution in [2.24, 2.45) is 0 Å². The molecule has 1 aromatic carbocycles. The molecular weight excluding hydrogens is 270 g/mol. The third kappa shape index (κ3) is 3.41. The van der Waals surface area contributed by atoms with Crippen LogP contribution in [0, 0.1) is 0 Å². The summed E-state index contributed by atoms with van der Waals surface area (Å²) in [6, 6.07) is 5.80. The number of sulfone groups is 1. The predicted octanol–water partition coefficient (Wildman–Crippen LogP) is 1.28. The molecule has 0 saturated heterocycles. The van der Waals surface area contributed by atoms with Crippen molar-refractivity contribution in [1.29, 1.82) is 0 Å². The lowest BCUT2D eigenvalue weighted by Gasteiger charge is -2.03. The number of hydrogen-bond acceptors (Lipinski definition) is 5. The zero-order valence-electron chi connectivity index (χ0n) is 9.81. The van der Waals surface area contributed by atoms with E-state index in [0.29, 0.717) is 11.1 Å². The maximum Gasteiger partial charge on any atom is 0.307 e. The first-order chi connectivity index (χ1) is 8.97. The summed E-state index contributed by atoms with van der Waals surface area (Å²) in [7, 11) is -3.48. The molecule has 0 unspecified atom stereocenters. The Kier molecular flexibility index (Phi) is 3.66. The van der Waals surface area contributed by atoms with E-state index in [1.54, 1.807) is 0 Å². The standard InChI is InChI=1S/C12H11NO5S/c14-12(15)5-9-1-3-11(4-2-9)19(16,17)8-10-6-13-18-7-10/h1-4,6-7H,5,8H2,(H,14,15). The predicted molar refractivity (Wildman–Crippen MR) is 65.2 cm³/mol. The zero-order chi connectivity index (χ0) is 13.9. The van der Waals surface area contributed by atoms with Crippen molar-refractivity contribution in [3.63, 3.8) is 0 Å². The van der Waals surface area contributed by atoms with Crippen molar-refractivity contribution in [2.45, 2.75) is 17.1 Å². The van der Waals surface area contributed by atoms with E-state index in [2.05, 4.69) is 9.68 Å². The van der Waals surface area contributed by atoms with Gasteiger partial charge < -0.3 is 9.63 Å². The van der Waals surface area contributed by atoms with Gasteiger partial charge >= 0.3 is 5.97 Å². The summed E-state index contributed by atoms with van der Waals surface area (Å²) in [6.07, 6.45) is 2.48. The lowest BCUT2D eigenvalue weighted by atomic mass is 10.2. The normalized spacial score (nSPS) is 11.4. The Morgan fingerprint density at radius 3 is 2.42 bits per heavy atom. The van der Waals surface area contributed by atoms with Crippen molar-refractivity contribution >= 4 is 15.8 Å². The summed E-state index contributed by atoms with van der Waals surface area (Å²) in [4.78, 5) is 10.7. The molecule has 7 heteroatoms. The van der Waals surface area contributed by atoms with Crippen molar-refractivity contribution in [2.75, 3.05) is 0 Å². The average Bonchev–Trinajstić information content (AvgIpc) is 2.81. The van der Waals surface area contributed by atoms with E-state index < -0.39 is 15.8 Å². The van der Waals surface area contributed by atoms with E-state index >= 15 is 0 Å². The molecule has 1 N–H and O–H groups in total. The van der Waals surface area contributed by atoms with E-state index in [1.807, 2.05) is 0 Å². The number of hydrogen-bond donors (Lipinski definition) is 1. The third-order valence-electron chi connectivity index (χ3n) is 2.48. The van der Waals surface area contributed by atoms with Crippen LogP contribution >= 0.6 is 0 Å². The van der Waals surface area contributed by atoms with Gasteiger partial charge in [-0.2, -0.15) is 0 Å². The lowest BCUT2D eigenvalue weighted by Crippen LogP contribution is -2.05. The smallest absolute Gasteiger partial charge is 0.307 e. The van der Waals surface area contributed by atoms with Gasteiger partial charge in [0.15, 0.2) is 9.84 Å². The van der Waals surface area contributed by atoms with Gasteiger partial charge in [0.25, 0.3) is 0 Å². The SMILES string of the molecule is O=C(O)Cc1ccc(S(=O)(=O)Cc2cnoc2)cc1. The summed E-state index contributed by atoms with van der Waals surface area (Å²) in [5.41, 5.74) is 1.02. The minimum Gasteiger partial charge on any atom is -0.481 e. The summed E-state index contributed by atoms with van der Waals surface area (Å²) in [6.45, 7) is 0. The minimum absolute atomic E-state index is 0.133. The number of nitrogens with zero attached hydrogens (tertiary/aromatic N) is 1. The topological polar surface area (TPSA) is 97.5 Å². The molecular formula is C12H11NO5S. The molecule has 0 aliphatic carbocycles. The third-order valence-corrected chi connectivity index (χ3v) is 4.18. The van der Waals surface area contributed by atoms with Crippen LogP contribution in [0.5, 0.6) is 0 Å². The van der Waals surface area contributed by atoms with Gasteiger partial charge in [0.2, 0.25) is 0 Å². The first-order valence-electron chi connectivity index (χ1n) is 5.39. The van der Waals surface area contributed by atoms with Gasteiger partial charge in [0.05, 0.1) is 23.3 Å². The van der Waals surface area contributed by atoms with E-state index in [0.717, 1.165) is 0 Å². The van der Waals surface area contributed by atoms with Crippen LogP contribution in [0.3, 0.4) is 0 Å². The van der Waals surface area contributed by atoms with E-state index in [1.165, 1.54) is 36.7 Å². The van der Waals surface area contributed by atoms with E-state index in [-0.39, 0.29) is 17.1 Å². The first-order valence-corrected chi connectivity index (χ1v) is 7.04. The molecule has 0 aliphatic rings. The number of carbonyl (C=O) groups is 1. The molecule has 0 fully saturated rings. The summed E-state index contributed by atoms with van der Waals surface area (Å²) < 4.78 is 28.7. The Morgan fingerprint density at radius 2 is 1.89 bits per heavy atom. The zero-order valence-corrected chi connectivity index (χ0v) is 10.6. The van der Waals surface area contributed by atoms with Crippen molar-refractivity contribution in [3.8, 4) is 0 Å². The molecule has 0 saturated carbocycles. The van der Waals surface area contributed by atoms with Crippen molar-refractivity contribution in [1.82, 2.24) is 5.16 Å². The summed E-state index contributed by atoms with van der Waals surface area (Å²) in [5.74, 6) is -1.16. The van der Waals surface area contributed by atoms with Gasteiger partial charge in [-0.1, -0.05) is 17.3 Å². The molecule has 0 spiro atoms. The monoisotopic (exact) mass is 281 g/mol. The molecule has 0 radical (unpaired) electrons. The molecule has 0 atom stereocenters. The Hall–Kier alpha value is -2.15. The van der Waals surface area contributed by atoms with Crippen LogP contribution in [-0.2, 0) is 26.8 Å². The second-order valence-corrected chi connectivity index (χ2v) is 6.00. The number of aromatic nitrogens is 1. The summed E-state index contributed by atoms with van der Waals surface area (Å²) >= 11 is 0.